The van der Waals surface area contributed by atoms with Crippen LogP contribution in [0.3, 0.4) is 0 Å². The van der Waals surface area contributed by atoms with E-state index in [2.05, 4.69) is 10.6 Å². The summed E-state index contributed by atoms with van der Waals surface area (Å²) in [7, 11) is 1.50. The number of aliphatic carboxylic acids is 1. The first-order valence-electron chi connectivity index (χ1n) is 15.6. The van der Waals surface area contributed by atoms with Gasteiger partial charge in [0, 0.05) is 26.1 Å². The third kappa shape index (κ3) is 10.5. The Morgan fingerprint density at radius 2 is 1.46 bits per heavy atom. The van der Waals surface area contributed by atoms with Crippen molar-refractivity contribution in [3.8, 4) is 5.75 Å². The molecule has 1 aliphatic rings. The Labute approximate surface area is 278 Å². The van der Waals surface area contributed by atoms with E-state index in [1.165, 1.54) is 16.9 Å². The van der Waals surface area contributed by atoms with Crippen LogP contribution in [0.1, 0.15) is 29.5 Å². The molecule has 2 atom stereocenters. The van der Waals surface area contributed by atoms with E-state index >= 15 is 0 Å². The topological polar surface area (TPSA) is 164 Å². The van der Waals surface area contributed by atoms with Crippen molar-refractivity contribution < 1.29 is 43.3 Å². The largest absolute Gasteiger partial charge is 0.496 e. The average molecular weight is 661 g/mol. The van der Waals surface area contributed by atoms with Crippen molar-refractivity contribution in [2.24, 2.45) is 0 Å². The van der Waals surface area contributed by atoms with Crippen LogP contribution in [0.15, 0.2) is 84.9 Å². The number of nitrogens with one attached hydrogen (secondary N) is 2. The number of carbonyl (C=O) groups is 5. The highest BCUT2D eigenvalue weighted by Crippen LogP contribution is 2.23. The molecule has 3 N–H and O–H groups in total. The lowest BCUT2D eigenvalue weighted by Crippen LogP contribution is -2.63. The molecule has 0 aliphatic carbocycles. The number of ether oxygens (including phenoxy) is 3. The number of benzene rings is 3. The Balaban J connectivity index is 1.46. The number of carboxylic acid groups (broad SMARTS) is 1. The fourth-order valence-corrected chi connectivity index (χ4v) is 5.36. The van der Waals surface area contributed by atoms with E-state index in [1.54, 1.807) is 36.4 Å². The van der Waals surface area contributed by atoms with Gasteiger partial charge in [0.15, 0.2) is 0 Å². The van der Waals surface area contributed by atoms with Gasteiger partial charge in [0.05, 0.1) is 7.11 Å². The first kappa shape index (κ1) is 35.3. The Hall–Kier alpha value is -5.59. The van der Waals surface area contributed by atoms with Crippen molar-refractivity contribution in [3.63, 3.8) is 0 Å². The Bertz CT molecular complexity index is 1540. The SMILES string of the molecule is COc1ccccc1C[C@H](NC(=O)OCc1ccccc1)C(=O)N1CCN(CC(=O)O)C(=O)[C@@H]1CCCNC(=O)OCc1ccccc1. The van der Waals surface area contributed by atoms with Crippen molar-refractivity contribution in [3.05, 3.63) is 102 Å². The monoisotopic (exact) mass is 660 g/mol. The van der Waals surface area contributed by atoms with Gasteiger partial charge in [-0.15, -0.1) is 0 Å². The molecule has 48 heavy (non-hydrogen) atoms. The summed E-state index contributed by atoms with van der Waals surface area (Å²) in [6.45, 7) is -0.259. The van der Waals surface area contributed by atoms with Crippen LogP contribution in [0.25, 0.3) is 0 Å². The van der Waals surface area contributed by atoms with E-state index < -0.39 is 48.6 Å². The first-order chi connectivity index (χ1) is 23.2. The van der Waals surface area contributed by atoms with Crippen molar-refractivity contribution in [2.75, 3.05) is 33.3 Å². The van der Waals surface area contributed by atoms with Gasteiger partial charge in [-0.3, -0.25) is 14.4 Å². The van der Waals surface area contributed by atoms with Crippen LogP contribution in [0.5, 0.6) is 5.75 Å². The number of piperazine rings is 1. The zero-order valence-corrected chi connectivity index (χ0v) is 26.7. The molecule has 4 rings (SSSR count). The summed E-state index contributed by atoms with van der Waals surface area (Å²) in [6, 6.07) is 23.1. The van der Waals surface area contributed by atoms with E-state index in [4.69, 9.17) is 14.2 Å². The van der Waals surface area contributed by atoms with Crippen molar-refractivity contribution in [1.29, 1.82) is 0 Å². The quantitative estimate of drug-likeness (QED) is 0.208. The second-order valence-corrected chi connectivity index (χ2v) is 11.1. The van der Waals surface area contributed by atoms with Gasteiger partial charge < -0.3 is 39.8 Å². The zero-order chi connectivity index (χ0) is 34.3. The number of alkyl carbamates (subject to hydrolysis) is 2. The second-order valence-electron chi connectivity index (χ2n) is 11.1. The summed E-state index contributed by atoms with van der Waals surface area (Å²) in [5, 5.41) is 14.7. The van der Waals surface area contributed by atoms with E-state index in [0.717, 1.165) is 11.1 Å². The third-order valence-electron chi connectivity index (χ3n) is 7.75. The molecule has 0 unspecified atom stereocenters. The molecule has 13 heteroatoms. The standard InChI is InChI=1S/C35H40N4O9/c1-46-30-17-9-8-15-27(30)21-28(37-35(45)48-24-26-13-6-3-7-14-26)32(42)39-20-19-38(22-31(40)41)33(43)29(39)16-10-18-36-34(44)47-23-25-11-4-2-5-12-25/h2-9,11-15,17,28-29H,10,16,18-24H2,1H3,(H,36,44)(H,37,45)(H,40,41)/t28-,29-/m0/s1. The Morgan fingerprint density at radius 1 is 0.854 bits per heavy atom. The van der Waals surface area contributed by atoms with Crippen molar-refractivity contribution in [1.82, 2.24) is 20.4 Å². The van der Waals surface area contributed by atoms with Gasteiger partial charge in [-0.05, 0) is 35.6 Å². The predicted octanol–water partition coefficient (Wildman–Crippen LogP) is 3.36. The average Bonchev–Trinajstić information content (AvgIpc) is 3.10. The molecular weight excluding hydrogens is 620 g/mol. The molecule has 1 heterocycles. The molecule has 0 spiro atoms. The van der Waals surface area contributed by atoms with Gasteiger partial charge in [-0.2, -0.15) is 0 Å². The maximum Gasteiger partial charge on any atom is 0.408 e. The van der Waals surface area contributed by atoms with E-state index in [0.29, 0.717) is 11.3 Å². The second kappa shape index (κ2) is 17.9. The van der Waals surface area contributed by atoms with Gasteiger partial charge in [0.2, 0.25) is 11.8 Å². The molecule has 254 valence electrons. The maximum atomic E-state index is 14.2. The number of rotatable bonds is 15. The summed E-state index contributed by atoms with van der Waals surface area (Å²) in [5.74, 6) is -1.74. The molecule has 1 fully saturated rings. The number of carbonyl (C=O) groups excluding carboxylic acids is 4. The Morgan fingerprint density at radius 3 is 2.08 bits per heavy atom. The number of amides is 4. The van der Waals surface area contributed by atoms with Gasteiger partial charge in [0.1, 0.15) is 37.6 Å². The normalized spacial score (nSPS) is 14.9. The fraction of sp³-hybridized carbons (Fsp3) is 0.343. The van der Waals surface area contributed by atoms with Crippen LogP contribution >= 0.6 is 0 Å². The first-order valence-corrected chi connectivity index (χ1v) is 15.6. The van der Waals surface area contributed by atoms with Gasteiger partial charge in [-0.1, -0.05) is 78.9 Å². The van der Waals surface area contributed by atoms with Gasteiger partial charge in [0.25, 0.3) is 0 Å². The van der Waals surface area contributed by atoms with Crippen LogP contribution in [-0.2, 0) is 43.5 Å². The van der Waals surface area contributed by atoms with Crippen LogP contribution in [-0.4, -0.2) is 90.2 Å². The van der Waals surface area contributed by atoms with Gasteiger partial charge in [-0.25, -0.2) is 9.59 Å². The smallest absolute Gasteiger partial charge is 0.408 e. The molecular formula is C35H40N4O9. The van der Waals surface area contributed by atoms with Crippen LogP contribution in [0, 0.1) is 0 Å². The number of hydrogen-bond donors (Lipinski definition) is 3. The lowest BCUT2D eigenvalue weighted by atomic mass is 10.00. The number of carboxylic acids is 1. The molecule has 0 radical (unpaired) electrons. The Kier molecular flexibility index (Phi) is 13.2. The summed E-state index contributed by atoms with van der Waals surface area (Å²) in [4.78, 5) is 67.0. The van der Waals surface area contributed by atoms with Crippen molar-refractivity contribution in [2.45, 2.75) is 44.6 Å². The highest BCUT2D eigenvalue weighted by Gasteiger charge is 2.40. The van der Waals surface area contributed by atoms with E-state index in [-0.39, 0.29) is 52.1 Å². The highest BCUT2D eigenvalue weighted by molar-refractivity contribution is 5.93. The molecule has 13 nitrogen and oxygen atoms in total. The minimum atomic E-state index is -1.18. The molecule has 1 aliphatic heterocycles. The van der Waals surface area contributed by atoms with E-state index in [9.17, 15) is 29.1 Å². The third-order valence-corrected chi connectivity index (χ3v) is 7.75. The molecule has 0 saturated carbocycles. The predicted molar refractivity (Wildman–Crippen MR) is 174 cm³/mol. The fourth-order valence-electron chi connectivity index (χ4n) is 5.36. The summed E-state index contributed by atoms with van der Waals surface area (Å²) >= 11 is 0. The number of para-hydroxylation sites is 1. The van der Waals surface area contributed by atoms with Gasteiger partial charge >= 0.3 is 18.2 Å². The van der Waals surface area contributed by atoms with Crippen LogP contribution in [0.4, 0.5) is 9.59 Å². The number of nitrogens with zero attached hydrogens (tertiary/aromatic N) is 2. The number of methoxy groups -OCH3 is 1. The molecule has 0 bridgehead atoms. The van der Waals surface area contributed by atoms with E-state index in [1.807, 2.05) is 48.5 Å². The molecule has 1 saturated heterocycles. The molecule has 3 aromatic rings. The number of hydrogen-bond acceptors (Lipinski definition) is 8. The van der Waals surface area contributed by atoms with Crippen LogP contribution < -0.4 is 15.4 Å². The molecule has 4 amide bonds. The summed E-state index contributed by atoms with van der Waals surface area (Å²) in [5.41, 5.74) is 2.23. The minimum Gasteiger partial charge on any atom is -0.496 e. The summed E-state index contributed by atoms with van der Waals surface area (Å²) < 4.78 is 16.1. The lowest BCUT2D eigenvalue weighted by Gasteiger charge is -2.41. The maximum absolute atomic E-state index is 14.2. The minimum absolute atomic E-state index is 0.00271. The highest BCUT2D eigenvalue weighted by atomic mass is 16.6. The zero-order valence-electron chi connectivity index (χ0n) is 26.7. The molecule has 3 aromatic carbocycles. The summed E-state index contributed by atoms with van der Waals surface area (Å²) in [6.07, 6.45) is -1.01. The van der Waals surface area contributed by atoms with Crippen LogP contribution in [0.2, 0.25) is 0 Å². The lowest BCUT2D eigenvalue weighted by molar-refractivity contribution is -0.156. The van der Waals surface area contributed by atoms with Crippen molar-refractivity contribution >= 4 is 30.0 Å². The molecule has 0 aromatic heterocycles.